The Labute approximate surface area is 54.5 Å². The molecular weight excluding hydrogens is 124 g/mol. The second-order valence-corrected chi connectivity index (χ2v) is 1.75. The average Bonchev–Trinajstić information content (AvgIpc) is 1.83. The summed E-state index contributed by atoms with van der Waals surface area (Å²) in [5.74, 6) is 0. The number of aliphatic hydroxyl groups is 1. The summed E-state index contributed by atoms with van der Waals surface area (Å²) in [5.41, 5.74) is 0. The van der Waals surface area contributed by atoms with Crippen LogP contribution < -0.4 is 0 Å². The second kappa shape index (κ2) is 5.00. The molecule has 0 aromatic rings. The number of thiocarbonyl (C=S) groups is 1. The van der Waals surface area contributed by atoms with Gasteiger partial charge in [0, 0.05) is 6.42 Å². The van der Waals surface area contributed by atoms with E-state index in [9.17, 15) is 0 Å². The Kier molecular flexibility index (Phi) is 4.90. The van der Waals surface area contributed by atoms with Gasteiger partial charge in [-0.05, 0) is 12.2 Å². The summed E-state index contributed by atoms with van der Waals surface area (Å²) < 4.78 is 4.82. The maximum atomic E-state index is 8.23. The van der Waals surface area contributed by atoms with Crippen molar-refractivity contribution in [3.8, 4) is 0 Å². The summed E-state index contributed by atoms with van der Waals surface area (Å²) in [7, 11) is 0. The predicted octanol–water partition coefficient (Wildman–Crippen LogP) is 0.733. The standard InChI is InChI=1S/C5H10O2S/c1-2-5(8)7-4-3-6/h6H,2-4H2,1H3. The van der Waals surface area contributed by atoms with E-state index in [1.54, 1.807) is 0 Å². The summed E-state index contributed by atoms with van der Waals surface area (Å²) in [6.45, 7) is 2.28. The van der Waals surface area contributed by atoms with Gasteiger partial charge in [0.25, 0.3) is 0 Å². The first kappa shape index (κ1) is 7.85. The molecule has 0 saturated heterocycles. The number of ether oxygens (including phenoxy) is 1. The molecule has 48 valence electrons. The largest absolute Gasteiger partial charge is 0.485 e. The second-order valence-electron chi connectivity index (χ2n) is 1.30. The van der Waals surface area contributed by atoms with Gasteiger partial charge in [-0.25, -0.2) is 0 Å². The van der Waals surface area contributed by atoms with E-state index in [0.717, 1.165) is 6.42 Å². The third-order valence-corrected chi connectivity index (χ3v) is 1.05. The van der Waals surface area contributed by atoms with Gasteiger partial charge < -0.3 is 9.84 Å². The highest BCUT2D eigenvalue weighted by molar-refractivity contribution is 7.80. The van der Waals surface area contributed by atoms with Gasteiger partial charge in [-0.1, -0.05) is 6.92 Å². The Balaban J connectivity index is 2.99. The minimum absolute atomic E-state index is 0.0418. The summed E-state index contributed by atoms with van der Waals surface area (Å²) in [5, 5.41) is 8.79. The van der Waals surface area contributed by atoms with E-state index in [-0.39, 0.29) is 6.61 Å². The van der Waals surface area contributed by atoms with Gasteiger partial charge in [-0.3, -0.25) is 0 Å². The summed E-state index contributed by atoms with van der Waals surface area (Å²) in [6.07, 6.45) is 0.745. The molecule has 0 rings (SSSR count). The number of hydrogen-bond acceptors (Lipinski definition) is 3. The minimum atomic E-state index is 0.0418. The van der Waals surface area contributed by atoms with E-state index in [1.165, 1.54) is 0 Å². The van der Waals surface area contributed by atoms with Gasteiger partial charge in [-0.2, -0.15) is 0 Å². The van der Waals surface area contributed by atoms with Crippen LogP contribution in [0, 0.1) is 0 Å². The summed E-state index contributed by atoms with van der Waals surface area (Å²) in [4.78, 5) is 0. The van der Waals surface area contributed by atoms with Crippen LogP contribution in [0.25, 0.3) is 0 Å². The van der Waals surface area contributed by atoms with Gasteiger partial charge in [-0.15, -0.1) is 0 Å². The first-order chi connectivity index (χ1) is 3.81. The fourth-order valence-electron chi connectivity index (χ4n) is 0.262. The molecule has 0 radical (unpaired) electrons. The van der Waals surface area contributed by atoms with Gasteiger partial charge in [0.05, 0.1) is 6.61 Å². The Morgan fingerprint density at radius 1 is 1.75 bits per heavy atom. The molecule has 3 heteroatoms. The average molecular weight is 134 g/mol. The van der Waals surface area contributed by atoms with Crippen LogP contribution in [0.4, 0.5) is 0 Å². The highest BCUT2D eigenvalue weighted by atomic mass is 32.1. The van der Waals surface area contributed by atoms with Crippen molar-refractivity contribution in [3.63, 3.8) is 0 Å². The SMILES string of the molecule is CCC(=S)OCCO. The zero-order valence-corrected chi connectivity index (χ0v) is 5.70. The fourth-order valence-corrected chi connectivity index (χ4v) is 0.345. The van der Waals surface area contributed by atoms with Gasteiger partial charge in [0.2, 0.25) is 0 Å². The van der Waals surface area contributed by atoms with Crippen molar-refractivity contribution < 1.29 is 9.84 Å². The zero-order valence-electron chi connectivity index (χ0n) is 4.89. The molecule has 0 saturated carbocycles. The van der Waals surface area contributed by atoms with Crippen molar-refractivity contribution in [2.45, 2.75) is 13.3 Å². The Hall–Kier alpha value is -0.150. The molecule has 0 amide bonds. The normalized spacial score (nSPS) is 8.75. The highest BCUT2D eigenvalue weighted by Gasteiger charge is 1.88. The molecule has 0 fully saturated rings. The quantitative estimate of drug-likeness (QED) is 0.577. The van der Waals surface area contributed by atoms with Crippen molar-refractivity contribution in [2.75, 3.05) is 13.2 Å². The maximum Gasteiger partial charge on any atom is 0.159 e. The van der Waals surface area contributed by atoms with Crippen LogP contribution in [0.5, 0.6) is 0 Å². The lowest BCUT2D eigenvalue weighted by Gasteiger charge is -2.00. The lowest BCUT2D eigenvalue weighted by Crippen LogP contribution is -2.04. The number of rotatable bonds is 3. The van der Waals surface area contributed by atoms with Crippen LogP contribution in [-0.2, 0) is 4.74 Å². The van der Waals surface area contributed by atoms with Crippen LogP contribution in [-0.4, -0.2) is 23.4 Å². The van der Waals surface area contributed by atoms with Crippen LogP contribution in [0.1, 0.15) is 13.3 Å². The van der Waals surface area contributed by atoms with Crippen molar-refractivity contribution in [2.24, 2.45) is 0 Å². The van der Waals surface area contributed by atoms with Crippen molar-refractivity contribution in [1.82, 2.24) is 0 Å². The van der Waals surface area contributed by atoms with E-state index < -0.39 is 0 Å². The zero-order chi connectivity index (χ0) is 6.41. The molecule has 0 atom stereocenters. The smallest absolute Gasteiger partial charge is 0.159 e. The number of aliphatic hydroxyl groups excluding tert-OH is 1. The summed E-state index contributed by atoms with van der Waals surface area (Å²) >= 11 is 4.69. The fraction of sp³-hybridized carbons (Fsp3) is 0.800. The molecule has 0 heterocycles. The van der Waals surface area contributed by atoms with Crippen LogP contribution in [0.15, 0.2) is 0 Å². The van der Waals surface area contributed by atoms with Crippen molar-refractivity contribution in [3.05, 3.63) is 0 Å². The van der Waals surface area contributed by atoms with E-state index in [0.29, 0.717) is 11.7 Å². The Bertz CT molecular complexity index is 72.8. The van der Waals surface area contributed by atoms with Gasteiger partial charge >= 0.3 is 0 Å². The van der Waals surface area contributed by atoms with Gasteiger partial charge in [0.1, 0.15) is 6.61 Å². The highest BCUT2D eigenvalue weighted by Crippen LogP contribution is 1.85. The molecule has 1 N–H and O–H groups in total. The molecule has 8 heavy (non-hydrogen) atoms. The molecule has 0 unspecified atom stereocenters. The molecule has 0 aliphatic rings. The molecule has 0 bridgehead atoms. The molecule has 0 spiro atoms. The molecular formula is C5H10O2S. The minimum Gasteiger partial charge on any atom is -0.485 e. The summed E-state index contributed by atoms with van der Waals surface area (Å²) in [6, 6.07) is 0. The van der Waals surface area contributed by atoms with E-state index >= 15 is 0 Å². The van der Waals surface area contributed by atoms with Crippen molar-refractivity contribution in [1.29, 1.82) is 0 Å². The predicted molar refractivity (Wildman–Crippen MR) is 35.9 cm³/mol. The van der Waals surface area contributed by atoms with E-state index in [4.69, 9.17) is 9.84 Å². The molecule has 0 aromatic carbocycles. The first-order valence-corrected chi connectivity index (χ1v) is 2.98. The Morgan fingerprint density at radius 3 is 2.75 bits per heavy atom. The molecule has 0 aliphatic heterocycles. The molecule has 0 aromatic heterocycles. The van der Waals surface area contributed by atoms with Crippen LogP contribution in [0.3, 0.4) is 0 Å². The van der Waals surface area contributed by atoms with E-state index in [2.05, 4.69) is 12.2 Å². The number of hydrogen-bond donors (Lipinski definition) is 1. The third-order valence-electron chi connectivity index (χ3n) is 0.643. The third kappa shape index (κ3) is 4.02. The Morgan fingerprint density at radius 2 is 2.38 bits per heavy atom. The monoisotopic (exact) mass is 134 g/mol. The molecule has 2 nitrogen and oxygen atoms in total. The van der Waals surface area contributed by atoms with Crippen LogP contribution in [0.2, 0.25) is 0 Å². The van der Waals surface area contributed by atoms with E-state index in [1.807, 2.05) is 6.92 Å². The topological polar surface area (TPSA) is 29.5 Å². The lowest BCUT2D eigenvalue weighted by molar-refractivity contribution is 0.194. The maximum absolute atomic E-state index is 8.23. The first-order valence-electron chi connectivity index (χ1n) is 2.57. The molecule has 0 aliphatic carbocycles. The van der Waals surface area contributed by atoms with Crippen molar-refractivity contribution >= 4 is 17.3 Å². The lowest BCUT2D eigenvalue weighted by atomic mass is 10.5. The van der Waals surface area contributed by atoms with Gasteiger partial charge in [0.15, 0.2) is 5.05 Å². The van der Waals surface area contributed by atoms with Crippen LogP contribution >= 0.6 is 12.2 Å².